The smallest absolute Gasteiger partial charge is 0.136 e. The quantitative estimate of drug-likeness (QED) is 0.800. The van der Waals surface area contributed by atoms with E-state index in [1.807, 2.05) is 31.2 Å². The van der Waals surface area contributed by atoms with Crippen molar-refractivity contribution in [3.05, 3.63) is 35.9 Å². The summed E-state index contributed by atoms with van der Waals surface area (Å²) in [5.41, 5.74) is 7.11. The Balaban J connectivity index is 2.30. The Bertz CT molecular complexity index is 632. The van der Waals surface area contributed by atoms with Crippen molar-refractivity contribution in [1.29, 1.82) is 0 Å². The van der Waals surface area contributed by atoms with E-state index in [0.29, 0.717) is 5.82 Å². The van der Waals surface area contributed by atoms with Crippen LogP contribution in [0.2, 0.25) is 0 Å². The van der Waals surface area contributed by atoms with Crippen LogP contribution in [0.4, 0.5) is 11.6 Å². The Morgan fingerprint density at radius 2 is 1.95 bits per heavy atom. The number of anilines is 2. The lowest BCUT2D eigenvalue weighted by atomic mass is 10.1. The molecule has 0 bridgehead atoms. The Hall–Kier alpha value is -2.07. The zero-order valence-electron chi connectivity index (χ0n) is 13.1. The van der Waals surface area contributed by atoms with Gasteiger partial charge in [-0.05, 0) is 39.4 Å². The number of fused-ring (bicyclic) bond motifs is 1. The van der Waals surface area contributed by atoms with Gasteiger partial charge in [-0.1, -0.05) is 36.4 Å². The number of hydrogen-bond donors (Lipinski definition) is 2. The highest BCUT2D eigenvalue weighted by molar-refractivity contribution is 6.00. The lowest BCUT2D eigenvalue weighted by molar-refractivity contribution is 0.405. The summed E-state index contributed by atoms with van der Waals surface area (Å²) in [4.78, 5) is 6.72. The largest absolute Gasteiger partial charge is 0.383 e. The summed E-state index contributed by atoms with van der Waals surface area (Å²) >= 11 is 0. The topological polar surface area (TPSA) is 54.2 Å². The molecule has 0 unspecified atom stereocenters. The molecule has 21 heavy (non-hydrogen) atoms. The molecule has 2 rings (SSSR count). The molecule has 4 heteroatoms. The van der Waals surface area contributed by atoms with Crippen LogP contribution in [-0.2, 0) is 0 Å². The molecule has 0 spiro atoms. The SMILES string of the molecule is C/C=C/c1c(N)nc(NCCCN(C)C)c2ccccc12. The Kier molecular flexibility index (Phi) is 5.17. The summed E-state index contributed by atoms with van der Waals surface area (Å²) in [5, 5.41) is 5.66. The monoisotopic (exact) mass is 284 g/mol. The number of allylic oxidation sites excluding steroid dienone is 1. The third-order valence-electron chi connectivity index (χ3n) is 3.39. The minimum Gasteiger partial charge on any atom is -0.383 e. The molecule has 112 valence electrons. The Morgan fingerprint density at radius 3 is 2.62 bits per heavy atom. The summed E-state index contributed by atoms with van der Waals surface area (Å²) in [5.74, 6) is 1.44. The molecular weight excluding hydrogens is 260 g/mol. The van der Waals surface area contributed by atoms with Crippen LogP contribution < -0.4 is 11.1 Å². The molecule has 0 aliphatic rings. The first-order valence-corrected chi connectivity index (χ1v) is 7.33. The number of aromatic nitrogens is 1. The molecule has 0 fully saturated rings. The van der Waals surface area contributed by atoms with Crippen molar-refractivity contribution in [2.45, 2.75) is 13.3 Å². The fourth-order valence-electron chi connectivity index (χ4n) is 2.38. The molecule has 0 amide bonds. The van der Waals surface area contributed by atoms with E-state index in [2.05, 4.69) is 41.4 Å². The van der Waals surface area contributed by atoms with Crippen LogP contribution in [0.5, 0.6) is 0 Å². The van der Waals surface area contributed by atoms with Crippen LogP contribution >= 0.6 is 0 Å². The zero-order valence-corrected chi connectivity index (χ0v) is 13.1. The van der Waals surface area contributed by atoms with Gasteiger partial charge in [-0.2, -0.15) is 0 Å². The van der Waals surface area contributed by atoms with Crippen LogP contribution in [-0.4, -0.2) is 37.1 Å². The summed E-state index contributed by atoms with van der Waals surface area (Å²) in [6.45, 7) is 3.93. The predicted octanol–water partition coefficient (Wildman–Crippen LogP) is 3.21. The molecule has 0 atom stereocenters. The predicted molar refractivity (Wildman–Crippen MR) is 92.5 cm³/mol. The van der Waals surface area contributed by atoms with E-state index in [-0.39, 0.29) is 0 Å². The van der Waals surface area contributed by atoms with Crippen molar-refractivity contribution in [2.24, 2.45) is 0 Å². The second-order valence-corrected chi connectivity index (χ2v) is 5.39. The number of pyridine rings is 1. The van der Waals surface area contributed by atoms with Crippen LogP contribution in [0, 0.1) is 0 Å². The van der Waals surface area contributed by atoms with Gasteiger partial charge in [-0.3, -0.25) is 0 Å². The molecular formula is C17H24N4. The number of benzene rings is 1. The van der Waals surface area contributed by atoms with Crippen LogP contribution in [0.25, 0.3) is 16.8 Å². The first-order chi connectivity index (χ1) is 10.1. The summed E-state index contributed by atoms with van der Waals surface area (Å²) in [6, 6.07) is 8.24. The van der Waals surface area contributed by atoms with Gasteiger partial charge < -0.3 is 16.0 Å². The average Bonchev–Trinajstić information content (AvgIpc) is 2.47. The van der Waals surface area contributed by atoms with Gasteiger partial charge in [0.25, 0.3) is 0 Å². The zero-order chi connectivity index (χ0) is 15.2. The molecule has 0 saturated carbocycles. The number of rotatable bonds is 6. The highest BCUT2D eigenvalue weighted by Crippen LogP contribution is 2.29. The second-order valence-electron chi connectivity index (χ2n) is 5.39. The van der Waals surface area contributed by atoms with Crippen LogP contribution in [0.3, 0.4) is 0 Å². The van der Waals surface area contributed by atoms with Crippen LogP contribution in [0.15, 0.2) is 30.3 Å². The van der Waals surface area contributed by atoms with E-state index in [1.54, 1.807) is 0 Å². The first kappa shape index (κ1) is 15.3. The number of hydrogen-bond acceptors (Lipinski definition) is 4. The van der Waals surface area contributed by atoms with E-state index in [1.165, 1.54) is 0 Å². The van der Waals surface area contributed by atoms with E-state index >= 15 is 0 Å². The van der Waals surface area contributed by atoms with E-state index in [9.17, 15) is 0 Å². The number of nitrogens with one attached hydrogen (secondary N) is 1. The minimum atomic E-state index is 0.571. The van der Waals surface area contributed by atoms with Gasteiger partial charge in [0.05, 0.1) is 0 Å². The molecule has 2 aromatic rings. The van der Waals surface area contributed by atoms with Gasteiger partial charge in [-0.25, -0.2) is 4.98 Å². The van der Waals surface area contributed by atoms with Gasteiger partial charge in [0, 0.05) is 17.5 Å². The van der Waals surface area contributed by atoms with Gasteiger partial charge >= 0.3 is 0 Å². The molecule has 3 N–H and O–H groups in total. The van der Waals surface area contributed by atoms with Crippen molar-refractivity contribution >= 4 is 28.5 Å². The maximum absolute atomic E-state index is 6.12. The van der Waals surface area contributed by atoms with Crippen molar-refractivity contribution < 1.29 is 0 Å². The molecule has 4 nitrogen and oxygen atoms in total. The lowest BCUT2D eigenvalue weighted by Gasteiger charge is -2.14. The molecule has 0 aliphatic heterocycles. The fraction of sp³-hybridized carbons (Fsp3) is 0.353. The summed E-state index contributed by atoms with van der Waals surface area (Å²) < 4.78 is 0. The number of nitrogen functional groups attached to an aromatic ring is 1. The molecule has 0 aliphatic carbocycles. The van der Waals surface area contributed by atoms with Gasteiger partial charge in [0.1, 0.15) is 11.6 Å². The number of nitrogens with zero attached hydrogens (tertiary/aromatic N) is 2. The van der Waals surface area contributed by atoms with Gasteiger partial charge in [0.15, 0.2) is 0 Å². The highest BCUT2D eigenvalue weighted by Gasteiger charge is 2.09. The van der Waals surface area contributed by atoms with E-state index in [0.717, 1.165) is 41.7 Å². The van der Waals surface area contributed by atoms with Crippen LogP contribution in [0.1, 0.15) is 18.9 Å². The van der Waals surface area contributed by atoms with Crippen molar-refractivity contribution in [2.75, 3.05) is 38.2 Å². The molecule has 1 aromatic heterocycles. The minimum absolute atomic E-state index is 0.571. The number of nitrogens with two attached hydrogens (primary N) is 1. The van der Waals surface area contributed by atoms with Gasteiger partial charge in [0.2, 0.25) is 0 Å². The van der Waals surface area contributed by atoms with Crippen molar-refractivity contribution in [3.63, 3.8) is 0 Å². The van der Waals surface area contributed by atoms with Gasteiger partial charge in [-0.15, -0.1) is 0 Å². The van der Waals surface area contributed by atoms with E-state index < -0.39 is 0 Å². The first-order valence-electron chi connectivity index (χ1n) is 7.33. The lowest BCUT2D eigenvalue weighted by Crippen LogP contribution is -2.17. The third-order valence-corrected chi connectivity index (χ3v) is 3.39. The Morgan fingerprint density at radius 1 is 1.24 bits per heavy atom. The Labute approximate surface area is 126 Å². The highest BCUT2D eigenvalue weighted by atomic mass is 15.1. The second kappa shape index (κ2) is 7.09. The van der Waals surface area contributed by atoms with E-state index in [4.69, 9.17) is 5.73 Å². The standard InChI is InChI=1S/C17H24N4/c1-4-8-14-13-9-5-6-10-15(13)17(20-16(14)18)19-11-7-12-21(2)3/h4-6,8-10H,7,11-12H2,1-3H3,(H3,18,19,20)/b8-4+. The normalized spacial score (nSPS) is 11.6. The maximum atomic E-state index is 6.12. The third kappa shape index (κ3) is 3.73. The summed E-state index contributed by atoms with van der Waals surface area (Å²) in [7, 11) is 4.16. The maximum Gasteiger partial charge on any atom is 0.136 e. The molecule has 1 aromatic carbocycles. The fourth-order valence-corrected chi connectivity index (χ4v) is 2.38. The average molecular weight is 284 g/mol. The molecule has 1 heterocycles. The molecule has 0 radical (unpaired) electrons. The van der Waals surface area contributed by atoms with Crippen molar-refractivity contribution in [1.82, 2.24) is 9.88 Å². The summed E-state index contributed by atoms with van der Waals surface area (Å²) in [6.07, 6.45) is 5.07. The molecule has 0 saturated heterocycles. The van der Waals surface area contributed by atoms with Crippen molar-refractivity contribution in [3.8, 4) is 0 Å².